The van der Waals surface area contributed by atoms with E-state index in [0.717, 1.165) is 6.08 Å². The topological polar surface area (TPSA) is 66.8 Å². The molecule has 2 aliphatic rings. The van der Waals surface area contributed by atoms with Crippen molar-refractivity contribution >= 4 is 11.8 Å². The van der Waals surface area contributed by atoms with Gasteiger partial charge < -0.3 is 4.90 Å². The number of hydrogen-bond donors (Lipinski definition) is 1. The lowest BCUT2D eigenvalue weighted by Gasteiger charge is -2.36. The Morgan fingerprint density at radius 1 is 1.38 bits per heavy atom. The monoisotopic (exact) mass is 345 g/mol. The summed E-state index contributed by atoms with van der Waals surface area (Å²) in [5.41, 5.74) is -1.07. The van der Waals surface area contributed by atoms with Crippen molar-refractivity contribution < 1.29 is 32.9 Å². The SMILES string of the molecule is CC(C)(C)CN1C=C2C=C(C(F)(F)F)CC(=O)C2=CC1C(=O)OO. The third-order valence-corrected chi connectivity index (χ3v) is 3.63. The molecular weight excluding hydrogens is 327 g/mol. The summed E-state index contributed by atoms with van der Waals surface area (Å²) in [7, 11) is 0. The van der Waals surface area contributed by atoms with Gasteiger partial charge in [0.1, 0.15) is 6.04 Å². The van der Waals surface area contributed by atoms with Crippen molar-refractivity contribution in [3.8, 4) is 0 Å². The van der Waals surface area contributed by atoms with Crippen LogP contribution in [0.15, 0.2) is 35.1 Å². The normalized spacial score (nSPS) is 21.6. The molecule has 8 heteroatoms. The van der Waals surface area contributed by atoms with E-state index >= 15 is 0 Å². The molecule has 1 aliphatic carbocycles. The van der Waals surface area contributed by atoms with E-state index in [9.17, 15) is 22.8 Å². The molecule has 24 heavy (non-hydrogen) atoms. The summed E-state index contributed by atoms with van der Waals surface area (Å²) in [4.78, 5) is 29.0. The molecule has 1 atom stereocenters. The van der Waals surface area contributed by atoms with E-state index in [2.05, 4.69) is 4.89 Å². The molecule has 2 rings (SSSR count). The smallest absolute Gasteiger partial charge is 0.360 e. The van der Waals surface area contributed by atoms with Crippen molar-refractivity contribution in [3.05, 3.63) is 35.1 Å². The van der Waals surface area contributed by atoms with Gasteiger partial charge in [0.25, 0.3) is 0 Å². The predicted molar refractivity (Wildman–Crippen MR) is 78.6 cm³/mol. The highest BCUT2D eigenvalue weighted by atomic mass is 19.4. The number of ketones is 1. The van der Waals surface area contributed by atoms with Crippen LogP contribution in [0.2, 0.25) is 0 Å². The maximum Gasteiger partial charge on any atom is 0.413 e. The summed E-state index contributed by atoms with van der Waals surface area (Å²) in [6.07, 6.45) is -1.86. The molecule has 5 nitrogen and oxygen atoms in total. The Balaban J connectivity index is 2.47. The molecule has 0 saturated heterocycles. The standard InChI is InChI=1S/C16H18F3NO4/c1-15(2,3)8-20-7-9-4-10(16(17,18)19)5-13(21)11(9)6-12(20)14(22)24-23/h4,6-7,12,23H,5,8H2,1-3H3. The van der Waals surface area contributed by atoms with Gasteiger partial charge in [0.15, 0.2) is 5.78 Å². The zero-order chi connectivity index (χ0) is 18.3. The van der Waals surface area contributed by atoms with Gasteiger partial charge in [0.2, 0.25) is 0 Å². The molecule has 0 spiro atoms. The number of rotatable bonds is 2. The highest BCUT2D eigenvalue weighted by molar-refractivity contribution is 6.04. The first kappa shape index (κ1) is 18.3. The minimum absolute atomic E-state index is 0.0311. The molecule has 0 saturated carbocycles. The van der Waals surface area contributed by atoms with Crippen LogP contribution in [0.4, 0.5) is 13.2 Å². The summed E-state index contributed by atoms with van der Waals surface area (Å²) < 4.78 is 38.7. The van der Waals surface area contributed by atoms with Gasteiger partial charge in [0.05, 0.1) is 0 Å². The maximum atomic E-state index is 12.9. The molecule has 0 amide bonds. The van der Waals surface area contributed by atoms with Gasteiger partial charge in [0, 0.05) is 35.9 Å². The fourth-order valence-electron chi connectivity index (χ4n) is 2.69. The van der Waals surface area contributed by atoms with Crippen molar-refractivity contribution in [2.75, 3.05) is 6.54 Å². The number of carbonyl (C=O) groups excluding carboxylic acids is 2. The summed E-state index contributed by atoms with van der Waals surface area (Å²) >= 11 is 0. The number of allylic oxidation sites excluding steroid dienone is 4. The van der Waals surface area contributed by atoms with Crippen LogP contribution in [0.1, 0.15) is 27.2 Å². The number of fused-ring (bicyclic) bond motifs is 1. The fourth-order valence-corrected chi connectivity index (χ4v) is 2.69. The van der Waals surface area contributed by atoms with Gasteiger partial charge in [-0.1, -0.05) is 20.8 Å². The molecule has 0 aromatic heterocycles. The second kappa shape index (κ2) is 6.08. The third kappa shape index (κ3) is 3.87. The fraction of sp³-hybridized carbons (Fsp3) is 0.500. The minimum Gasteiger partial charge on any atom is -0.360 e. The van der Waals surface area contributed by atoms with E-state index in [-0.39, 0.29) is 16.6 Å². The number of Topliss-reactive ketones (excluding diaryl/α,β-unsaturated/α-hetero) is 1. The first-order valence-electron chi connectivity index (χ1n) is 7.28. The van der Waals surface area contributed by atoms with E-state index in [1.807, 2.05) is 20.8 Å². The Morgan fingerprint density at radius 2 is 2.00 bits per heavy atom. The molecule has 0 radical (unpaired) electrons. The molecule has 132 valence electrons. The second-order valence-electron chi connectivity index (χ2n) is 7.02. The van der Waals surface area contributed by atoms with Crippen LogP contribution < -0.4 is 0 Å². The maximum absolute atomic E-state index is 12.9. The Kier molecular flexibility index (Phi) is 4.63. The van der Waals surface area contributed by atoms with Crippen LogP contribution in [-0.2, 0) is 14.5 Å². The van der Waals surface area contributed by atoms with Crippen LogP contribution in [0.5, 0.6) is 0 Å². The van der Waals surface area contributed by atoms with Gasteiger partial charge in [-0.3, -0.25) is 9.68 Å². The summed E-state index contributed by atoms with van der Waals surface area (Å²) in [5, 5.41) is 8.64. The molecule has 0 aromatic carbocycles. The predicted octanol–water partition coefficient (Wildman–Crippen LogP) is 3.00. The van der Waals surface area contributed by atoms with Gasteiger partial charge in [-0.05, 0) is 17.6 Å². The van der Waals surface area contributed by atoms with E-state index in [4.69, 9.17) is 5.26 Å². The number of carbonyl (C=O) groups is 2. The largest absolute Gasteiger partial charge is 0.413 e. The van der Waals surface area contributed by atoms with E-state index in [0.29, 0.717) is 6.54 Å². The Morgan fingerprint density at radius 3 is 2.50 bits per heavy atom. The first-order valence-corrected chi connectivity index (χ1v) is 7.28. The zero-order valence-electron chi connectivity index (χ0n) is 13.5. The van der Waals surface area contributed by atoms with E-state index in [1.165, 1.54) is 17.2 Å². The number of halogens is 3. The van der Waals surface area contributed by atoms with Crippen LogP contribution >= 0.6 is 0 Å². The lowest BCUT2D eigenvalue weighted by molar-refractivity contribution is -0.237. The third-order valence-electron chi connectivity index (χ3n) is 3.63. The van der Waals surface area contributed by atoms with Crippen molar-refractivity contribution in [1.29, 1.82) is 0 Å². The van der Waals surface area contributed by atoms with E-state index < -0.39 is 36.0 Å². The second-order valence-corrected chi connectivity index (χ2v) is 7.02. The zero-order valence-corrected chi connectivity index (χ0v) is 13.5. The summed E-state index contributed by atoms with van der Waals surface area (Å²) in [6.45, 7) is 5.96. The average molecular weight is 345 g/mol. The highest BCUT2D eigenvalue weighted by Gasteiger charge is 2.41. The number of nitrogens with zero attached hydrogens (tertiary/aromatic N) is 1. The van der Waals surface area contributed by atoms with Crippen LogP contribution in [-0.4, -0.2) is 40.7 Å². The van der Waals surface area contributed by atoms with Crippen molar-refractivity contribution in [2.24, 2.45) is 5.41 Å². The molecule has 0 fully saturated rings. The van der Waals surface area contributed by atoms with Gasteiger partial charge in [-0.2, -0.15) is 18.4 Å². The number of alkyl halides is 3. The quantitative estimate of drug-likeness (QED) is 0.616. The lowest BCUT2D eigenvalue weighted by Crippen LogP contribution is -2.44. The Hall–Kier alpha value is -2.09. The van der Waals surface area contributed by atoms with E-state index in [1.54, 1.807) is 0 Å². The molecule has 1 aliphatic heterocycles. The molecule has 1 heterocycles. The summed E-state index contributed by atoms with van der Waals surface area (Å²) in [6, 6.07) is -1.07. The van der Waals surface area contributed by atoms with Gasteiger partial charge in [-0.25, -0.2) is 4.79 Å². The van der Waals surface area contributed by atoms with Gasteiger partial charge >= 0.3 is 12.1 Å². The van der Waals surface area contributed by atoms with Crippen molar-refractivity contribution in [3.63, 3.8) is 0 Å². The van der Waals surface area contributed by atoms with Crippen molar-refractivity contribution in [1.82, 2.24) is 4.90 Å². The highest BCUT2D eigenvalue weighted by Crippen LogP contribution is 2.38. The Bertz CT molecular complexity index is 653. The number of hydrogen-bond acceptors (Lipinski definition) is 5. The first-order chi connectivity index (χ1) is 10.9. The molecular formula is C16H18F3NO4. The summed E-state index contributed by atoms with van der Waals surface area (Å²) in [5.74, 6) is -1.72. The average Bonchev–Trinajstić information content (AvgIpc) is 2.43. The lowest BCUT2D eigenvalue weighted by atomic mass is 9.85. The molecule has 1 unspecified atom stereocenters. The molecule has 1 N–H and O–H groups in total. The molecule has 0 aromatic rings. The Labute approximate surface area is 137 Å². The minimum atomic E-state index is -4.59. The van der Waals surface area contributed by atoms with Crippen molar-refractivity contribution in [2.45, 2.75) is 39.4 Å². The van der Waals surface area contributed by atoms with Crippen LogP contribution in [0.3, 0.4) is 0 Å². The van der Waals surface area contributed by atoms with Gasteiger partial charge in [-0.15, -0.1) is 0 Å². The molecule has 0 bridgehead atoms. The van der Waals surface area contributed by atoms with Crippen LogP contribution in [0.25, 0.3) is 0 Å². The van der Waals surface area contributed by atoms with Crippen LogP contribution in [0, 0.1) is 5.41 Å².